The monoisotopic (exact) mass is 210 g/mol. The Bertz CT molecular complexity index is 360. The lowest BCUT2D eigenvalue weighted by molar-refractivity contribution is -0.0690. The molecule has 6 nitrogen and oxygen atoms in total. The SMILES string of the molecule is CC1(C)C(O)CC1NC(=O)c1ncn[nH]1. The van der Waals surface area contributed by atoms with Crippen molar-refractivity contribution in [2.24, 2.45) is 5.41 Å². The molecular weight excluding hydrogens is 196 g/mol. The van der Waals surface area contributed by atoms with Gasteiger partial charge in [-0.25, -0.2) is 4.98 Å². The zero-order chi connectivity index (χ0) is 11.1. The van der Waals surface area contributed by atoms with Crippen molar-refractivity contribution in [3.8, 4) is 0 Å². The summed E-state index contributed by atoms with van der Waals surface area (Å²) in [7, 11) is 0. The number of carbonyl (C=O) groups excluding carboxylic acids is 1. The molecule has 0 aromatic carbocycles. The molecule has 1 aromatic rings. The number of amides is 1. The van der Waals surface area contributed by atoms with E-state index in [4.69, 9.17) is 0 Å². The molecule has 0 bridgehead atoms. The van der Waals surface area contributed by atoms with Crippen LogP contribution in [0, 0.1) is 5.41 Å². The molecule has 1 aliphatic rings. The number of H-pyrrole nitrogens is 1. The van der Waals surface area contributed by atoms with E-state index in [1.165, 1.54) is 6.33 Å². The maximum Gasteiger partial charge on any atom is 0.288 e. The van der Waals surface area contributed by atoms with Gasteiger partial charge in [-0.3, -0.25) is 9.89 Å². The molecule has 1 saturated carbocycles. The summed E-state index contributed by atoms with van der Waals surface area (Å²) >= 11 is 0. The van der Waals surface area contributed by atoms with Crippen LogP contribution in [0.2, 0.25) is 0 Å². The fourth-order valence-electron chi connectivity index (χ4n) is 1.69. The second kappa shape index (κ2) is 3.30. The number of carbonyl (C=O) groups is 1. The molecule has 1 amide bonds. The fraction of sp³-hybridized carbons (Fsp3) is 0.667. The van der Waals surface area contributed by atoms with E-state index < -0.39 is 0 Å². The van der Waals surface area contributed by atoms with E-state index >= 15 is 0 Å². The minimum absolute atomic E-state index is 0.00917. The maximum atomic E-state index is 11.6. The highest BCUT2D eigenvalue weighted by atomic mass is 16.3. The zero-order valence-corrected chi connectivity index (χ0v) is 8.69. The zero-order valence-electron chi connectivity index (χ0n) is 8.69. The standard InChI is InChI=1S/C9H14N4O2/c1-9(2)5(3-6(9)14)12-8(15)7-10-4-11-13-7/h4-6,14H,3H2,1-2H3,(H,12,15)(H,10,11,13). The van der Waals surface area contributed by atoms with Gasteiger partial charge in [-0.15, -0.1) is 0 Å². The normalized spacial score (nSPS) is 28.2. The van der Waals surface area contributed by atoms with Crippen molar-refractivity contribution in [3.05, 3.63) is 12.2 Å². The Morgan fingerprint density at radius 1 is 1.73 bits per heavy atom. The molecule has 1 fully saturated rings. The molecule has 3 N–H and O–H groups in total. The largest absolute Gasteiger partial charge is 0.392 e. The van der Waals surface area contributed by atoms with Crippen LogP contribution in [0.1, 0.15) is 30.9 Å². The lowest BCUT2D eigenvalue weighted by Gasteiger charge is -2.49. The molecular formula is C9H14N4O2. The van der Waals surface area contributed by atoms with Crippen molar-refractivity contribution in [1.82, 2.24) is 20.5 Å². The number of aromatic nitrogens is 3. The molecule has 6 heteroatoms. The minimum atomic E-state index is -0.350. The summed E-state index contributed by atoms with van der Waals surface area (Å²) in [6, 6.07) is -0.00917. The summed E-state index contributed by atoms with van der Waals surface area (Å²) in [5.74, 6) is -0.0790. The Labute approximate surface area is 87.1 Å². The van der Waals surface area contributed by atoms with E-state index in [-0.39, 0.29) is 29.3 Å². The Morgan fingerprint density at radius 2 is 2.47 bits per heavy atom. The number of nitrogens with zero attached hydrogens (tertiary/aromatic N) is 2. The summed E-state index contributed by atoms with van der Waals surface area (Å²) in [6.45, 7) is 3.85. The lowest BCUT2D eigenvalue weighted by Crippen LogP contribution is -2.61. The summed E-state index contributed by atoms with van der Waals surface area (Å²) in [4.78, 5) is 15.3. The molecule has 1 aromatic heterocycles. The highest BCUT2D eigenvalue weighted by Gasteiger charge is 2.48. The molecule has 0 spiro atoms. The van der Waals surface area contributed by atoms with Crippen LogP contribution >= 0.6 is 0 Å². The second-order valence-electron chi connectivity index (χ2n) is 4.43. The highest BCUT2D eigenvalue weighted by molar-refractivity contribution is 5.90. The van der Waals surface area contributed by atoms with Crippen molar-refractivity contribution < 1.29 is 9.90 Å². The van der Waals surface area contributed by atoms with Crippen LogP contribution in [0.4, 0.5) is 0 Å². The van der Waals surface area contributed by atoms with Gasteiger partial charge in [0, 0.05) is 11.5 Å². The number of aliphatic hydroxyl groups excluding tert-OH is 1. The molecule has 1 aliphatic carbocycles. The topological polar surface area (TPSA) is 90.9 Å². The Morgan fingerprint density at radius 3 is 2.93 bits per heavy atom. The number of rotatable bonds is 2. The van der Waals surface area contributed by atoms with Crippen molar-refractivity contribution >= 4 is 5.91 Å². The molecule has 1 heterocycles. The first-order valence-corrected chi connectivity index (χ1v) is 4.86. The number of nitrogens with one attached hydrogen (secondary N) is 2. The summed E-state index contributed by atoms with van der Waals surface area (Å²) < 4.78 is 0. The highest BCUT2D eigenvalue weighted by Crippen LogP contribution is 2.40. The van der Waals surface area contributed by atoms with Crippen LogP contribution in [-0.4, -0.2) is 38.3 Å². The predicted molar refractivity (Wildman–Crippen MR) is 52.0 cm³/mol. The van der Waals surface area contributed by atoms with Gasteiger partial charge < -0.3 is 10.4 Å². The average Bonchev–Trinajstić information content (AvgIpc) is 2.70. The van der Waals surface area contributed by atoms with E-state index in [1.807, 2.05) is 13.8 Å². The van der Waals surface area contributed by atoms with Gasteiger partial charge in [-0.05, 0) is 6.42 Å². The van der Waals surface area contributed by atoms with Gasteiger partial charge in [0.05, 0.1) is 6.10 Å². The van der Waals surface area contributed by atoms with E-state index in [2.05, 4.69) is 20.5 Å². The van der Waals surface area contributed by atoms with Gasteiger partial charge >= 0.3 is 0 Å². The maximum absolute atomic E-state index is 11.6. The van der Waals surface area contributed by atoms with Gasteiger partial charge in [-0.1, -0.05) is 13.8 Å². The molecule has 0 saturated heterocycles. The van der Waals surface area contributed by atoms with Crippen LogP contribution in [-0.2, 0) is 0 Å². The lowest BCUT2D eigenvalue weighted by atomic mass is 9.64. The Kier molecular flexibility index (Phi) is 2.22. The Balaban J connectivity index is 1.97. The average molecular weight is 210 g/mol. The van der Waals surface area contributed by atoms with Gasteiger partial charge in [0.25, 0.3) is 5.91 Å². The van der Waals surface area contributed by atoms with Crippen molar-refractivity contribution in [2.45, 2.75) is 32.4 Å². The second-order valence-corrected chi connectivity index (χ2v) is 4.43. The van der Waals surface area contributed by atoms with Crippen LogP contribution in [0.3, 0.4) is 0 Å². The minimum Gasteiger partial charge on any atom is -0.392 e. The van der Waals surface area contributed by atoms with Gasteiger partial charge in [0.2, 0.25) is 5.82 Å². The third-order valence-corrected chi connectivity index (χ3v) is 3.15. The van der Waals surface area contributed by atoms with Gasteiger partial charge in [-0.2, -0.15) is 5.10 Å². The predicted octanol–water partition coefficient (Wildman–Crippen LogP) is -0.306. The van der Waals surface area contributed by atoms with Crippen LogP contribution in [0.15, 0.2) is 6.33 Å². The summed E-state index contributed by atoms with van der Waals surface area (Å²) in [6.07, 6.45) is 1.53. The van der Waals surface area contributed by atoms with Crippen LogP contribution < -0.4 is 5.32 Å². The van der Waals surface area contributed by atoms with Gasteiger partial charge in [0.15, 0.2) is 0 Å². The smallest absolute Gasteiger partial charge is 0.288 e. The number of aromatic amines is 1. The molecule has 82 valence electrons. The first-order chi connectivity index (χ1) is 7.01. The van der Waals surface area contributed by atoms with E-state index in [0.29, 0.717) is 6.42 Å². The number of hydrogen-bond donors (Lipinski definition) is 3. The summed E-state index contributed by atoms with van der Waals surface area (Å²) in [5, 5.41) is 18.4. The van der Waals surface area contributed by atoms with Crippen LogP contribution in [0.25, 0.3) is 0 Å². The third-order valence-electron chi connectivity index (χ3n) is 3.15. The summed E-state index contributed by atoms with van der Waals surface area (Å²) in [5.41, 5.74) is -0.268. The van der Waals surface area contributed by atoms with E-state index in [1.54, 1.807) is 0 Å². The third kappa shape index (κ3) is 1.61. The van der Waals surface area contributed by atoms with Crippen LogP contribution in [0.5, 0.6) is 0 Å². The van der Waals surface area contributed by atoms with E-state index in [0.717, 1.165) is 0 Å². The molecule has 2 atom stereocenters. The van der Waals surface area contributed by atoms with Gasteiger partial charge in [0.1, 0.15) is 6.33 Å². The first kappa shape index (κ1) is 10.1. The molecule has 2 rings (SSSR count). The molecule has 0 aliphatic heterocycles. The van der Waals surface area contributed by atoms with Crippen molar-refractivity contribution in [3.63, 3.8) is 0 Å². The molecule has 2 unspecified atom stereocenters. The first-order valence-electron chi connectivity index (χ1n) is 4.86. The quantitative estimate of drug-likeness (QED) is 0.624. The van der Waals surface area contributed by atoms with Crippen molar-refractivity contribution in [1.29, 1.82) is 0 Å². The molecule has 0 radical (unpaired) electrons. The van der Waals surface area contributed by atoms with E-state index in [9.17, 15) is 9.90 Å². The van der Waals surface area contributed by atoms with Crippen molar-refractivity contribution in [2.75, 3.05) is 0 Å². The Hall–Kier alpha value is -1.43. The molecule has 15 heavy (non-hydrogen) atoms. The number of aliphatic hydroxyl groups is 1. The number of hydrogen-bond acceptors (Lipinski definition) is 4. The fourth-order valence-corrected chi connectivity index (χ4v) is 1.69.